The number of benzene rings is 1. The third kappa shape index (κ3) is 1.85. The summed E-state index contributed by atoms with van der Waals surface area (Å²) in [5.74, 6) is 0.995. The minimum Gasteiger partial charge on any atom is -0.508 e. The lowest BCUT2D eigenvalue weighted by Gasteiger charge is -1.98. The van der Waals surface area contributed by atoms with Crippen molar-refractivity contribution in [2.75, 3.05) is 0 Å². The van der Waals surface area contributed by atoms with E-state index in [-0.39, 0.29) is 5.75 Å². The molecule has 4 N–H and O–H groups in total. The fourth-order valence-electron chi connectivity index (χ4n) is 1.55. The molecule has 0 saturated heterocycles. The van der Waals surface area contributed by atoms with Gasteiger partial charge in [0.15, 0.2) is 0 Å². The Hall–Kier alpha value is -1.81. The van der Waals surface area contributed by atoms with Crippen LogP contribution in [0.25, 0.3) is 11.3 Å². The quantitative estimate of drug-likeness (QED) is 0.693. The lowest BCUT2D eigenvalue weighted by Crippen LogP contribution is -1.97. The van der Waals surface area contributed by atoms with Gasteiger partial charge >= 0.3 is 0 Å². The monoisotopic (exact) mass is 203 g/mol. The minimum absolute atomic E-state index is 0.240. The lowest BCUT2D eigenvalue weighted by atomic mass is 10.1. The van der Waals surface area contributed by atoms with Gasteiger partial charge in [-0.15, -0.1) is 0 Å². The Morgan fingerprint density at radius 3 is 2.87 bits per heavy atom. The molecule has 0 saturated carbocycles. The highest BCUT2D eigenvalue weighted by atomic mass is 16.3. The number of aryl methyl sites for hydroxylation is 1. The van der Waals surface area contributed by atoms with Crippen LogP contribution in [0.3, 0.4) is 0 Å². The summed E-state index contributed by atoms with van der Waals surface area (Å²) < 4.78 is 0. The van der Waals surface area contributed by atoms with Crippen molar-refractivity contribution in [3.05, 3.63) is 35.8 Å². The fourth-order valence-corrected chi connectivity index (χ4v) is 1.55. The maximum absolute atomic E-state index is 9.37. The van der Waals surface area contributed by atoms with E-state index in [0.717, 1.165) is 22.8 Å². The highest BCUT2D eigenvalue weighted by Gasteiger charge is 2.08. The molecule has 1 aromatic heterocycles. The first-order valence-electron chi connectivity index (χ1n) is 4.75. The molecule has 0 aliphatic rings. The zero-order valence-corrected chi connectivity index (χ0v) is 8.49. The average Bonchev–Trinajstić information content (AvgIpc) is 2.60. The van der Waals surface area contributed by atoms with Gasteiger partial charge in [-0.05, 0) is 19.1 Å². The lowest BCUT2D eigenvalue weighted by molar-refractivity contribution is 0.475. The number of phenols is 1. The molecular weight excluding hydrogens is 190 g/mol. The number of phenolic OH excluding ortho intramolecular Hbond substituents is 1. The number of nitrogens with one attached hydrogen (secondary N) is 1. The molecule has 15 heavy (non-hydrogen) atoms. The third-order valence-corrected chi connectivity index (χ3v) is 2.25. The van der Waals surface area contributed by atoms with E-state index in [2.05, 4.69) is 9.97 Å². The zero-order valence-electron chi connectivity index (χ0n) is 8.49. The van der Waals surface area contributed by atoms with Crippen LogP contribution < -0.4 is 5.73 Å². The molecule has 0 fully saturated rings. The molecule has 0 aliphatic heterocycles. The van der Waals surface area contributed by atoms with Crippen molar-refractivity contribution in [2.45, 2.75) is 13.5 Å². The molecular formula is C11H13N3O. The van der Waals surface area contributed by atoms with Crippen LogP contribution in [0.1, 0.15) is 11.5 Å². The number of nitrogens with zero attached hydrogens (tertiary/aromatic N) is 1. The normalized spacial score (nSPS) is 10.5. The summed E-state index contributed by atoms with van der Waals surface area (Å²) in [6, 6.07) is 7.02. The maximum Gasteiger partial charge on any atom is 0.120 e. The highest BCUT2D eigenvalue weighted by Crippen LogP contribution is 2.24. The van der Waals surface area contributed by atoms with Gasteiger partial charge in [0.05, 0.1) is 12.2 Å². The van der Waals surface area contributed by atoms with Crippen molar-refractivity contribution in [3.63, 3.8) is 0 Å². The molecule has 4 heteroatoms. The molecule has 2 rings (SSSR count). The Bertz CT molecular complexity index is 476. The van der Waals surface area contributed by atoms with E-state index in [0.29, 0.717) is 6.54 Å². The van der Waals surface area contributed by atoms with Crippen molar-refractivity contribution in [1.29, 1.82) is 0 Å². The molecule has 0 atom stereocenters. The molecule has 0 aliphatic carbocycles. The van der Waals surface area contributed by atoms with Gasteiger partial charge in [0.1, 0.15) is 11.6 Å². The third-order valence-electron chi connectivity index (χ3n) is 2.25. The van der Waals surface area contributed by atoms with E-state index in [1.165, 1.54) is 0 Å². The number of nitrogens with two attached hydrogens (primary N) is 1. The smallest absolute Gasteiger partial charge is 0.120 e. The molecule has 78 valence electrons. The molecule has 1 heterocycles. The van der Waals surface area contributed by atoms with Crippen LogP contribution >= 0.6 is 0 Å². The van der Waals surface area contributed by atoms with Gasteiger partial charge in [-0.3, -0.25) is 0 Å². The Morgan fingerprint density at radius 2 is 2.27 bits per heavy atom. The summed E-state index contributed by atoms with van der Waals surface area (Å²) in [7, 11) is 0. The summed E-state index contributed by atoms with van der Waals surface area (Å²) in [5, 5.41) is 9.37. The predicted octanol–water partition coefficient (Wildman–Crippen LogP) is 1.55. The molecule has 1 aromatic carbocycles. The van der Waals surface area contributed by atoms with Crippen molar-refractivity contribution < 1.29 is 5.11 Å². The van der Waals surface area contributed by atoms with Gasteiger partial charge in [0, 0.05) is 11.3 Å². The number of hydrogen-bond donors (Lipinski definition) is 3. The van der Waals surface area contributed by atoms with E-state index in [1.54, 1.807) is 18.2 Å². The molecule has 4 nitrogen and oxygen atoms in total. The number of aromatic hydroxyl groups is 1. The Labute approximate surface area is 87.8 Å². The van der Waals surface area contributed by atoms with Crippen LogP contribution in [0.5, 0.6) is 5.75 Å². The van der Waals surface area contributed by atoms with Gasteiger partial charge in [0.2, 0.25) is 0 Å². The van der Waals surface area contributed by atoms with Crippen molar-refractivity contribution in [2.24, 2.45) is 5.73 Å². The summed E-state index contributed by atoms with van der Waals surface area (Å²) in [6.45, 7) is 2.32. The zero-order chi connectivity index (χ0) is 10.8. The summed E-state index contributed by atoms with van der Waals surface area (Å²) in [5.41, 5.74) is 8.19. The molecule has 0 radical (unpaired) electrons. The van der Waals surface area contributed by atoms with Gasteiger partial charge in [-0.2, -0.15) is 0 Å². The highest BCUT2D eigenvalue weighted by molar-refractivity contribution is 5.63. The first-order valence-corrected chi connectivity index (χ1v) is 4.75. The van der Waals surface area contributed by atoms with Crippen LogP contribution in [0.4, 0.5) is 0 Å². The van der Waals surface area contributed by atoms with Crippen LogP contribution in [0.15, 0.2) is 24.3 Å². The van der Waals surface area contributed by atoms with E-state index < -0.39 is 0 Å². The second kappa shape index (κ2) is 3.74. The molecule has 0 bridgehead atoms. The average molecular weight is 203 g/mol. The number of aromatic amines is 1. The van der Waals surface area contributed by atoms with E-state index in [1.807, 2.05) is 13.0 Å². The van der Waals surface area contributed by atoms with Gasteiger partial charge in [-0.1, -0.05) is 12.1 Å². The van der Waals surface area contributed by atoms with Crippen molar-refractivity contribution in [3.8, 4) is 17.0 Å². The van der Waals surface area contributed by atoms with Gasteiger partial charge in [0.25, 0.3) is 0 Å². The summed E-state index contributed by atoms with van der Waals surface area (Å²) in [4.78, 5) is 7.44. The number of aromatic nitrogens is 2. The number of rotatable bonds is 2. The van der Waals surface area contributed by atoms with Crippen LogP contribution in [0, 0.1) is 6.92 Å². The molecule has 0 spiro atoms. The predicted molar refractivity (Wildman–Crippen MR) is 58.3 cm³/mol. The van der Waals surface area contributed by atoms with E-state index >= 15 is 0 Å². The Kier molecular flexibility index (Phi) is 2.43. The van der Waals surface area contributed by atoms with E-state index in [9.17, 15) is 5.11 Å². The fraction of sp³-hybridized carbons (Fsp3) is 0.182. The van der Waals surface area contributed by atoms with Crippen LogP contribution in [-0.4, -0.2) is 15.1 Å². The summed E-state index contributed by atoms with van der Waals surface area (Å²) >= 11 is 0. The first kappa shape index (κ1) is 9.73. The van der Waals surface area contributed by atoms with Crippen molar-refractivity contribution >= 4 is 0 Å². The standard InChI is InChI=1S/C11H13N3O/c1-7-11(14-10(6-12)13-7)8-3-2-4-9(15)5-8/h2-5,15H,6,12H2,1H3,(H,13,14). The Balaban J connectivity index is 2.48. The Morgan fingerprint density at radius 1 is 1.47 bits per heavy atom. The second-order valence-electron chi connectivity index (χ2n) is 3.41. The van der Waals surface area contributed by atoms with Gasteiger partial charge < -0.3 is 15.8 Å². The minimum atomic E-state index is 0.240. The molecule has 0 unspecified atom stereocenters. The number of H-pyrrole nitrogens is 1. The molecule has 0 amide bonds. The van der Waals surface area contributed by atoms with Crippen LogP contribution in [-0.2, 0) is 6.54 Å². The number of imidazole rings is 1. The second-order valence-corrected chi connectivity index (χ2v) is 3.41. The SMILES string of the molecule is Cc1[nH]c(CN)nc1-c1cccc(O)c1. The maximum atomic E-state index is 9.37. The number of hydrogen-bond acceptors (Lipinski definition) is 3. The molecule has 2 aromatic rings. The first-order chi connectivity index (χ1) is 7.20. The largest absolute Gasteiger partial charge is 0.508 e. The van der Waals surface area contributed by atoms with E-state index in [4.69, 9.17) is 5.73 Å². The topological polar surface area (TPSA) is 74.9 Å². The van der Waals surface area contributed by atoms with Crippen LogP contribution in [0.2, 0.25) is 0 Å². The van der Waals surface area contributed by atoms with Crippen molar-refractivity contribution in [1.82, 2.24) is 9.97 Å². The van der Waals surface area contributed by atoms with Gasteiger partial charge in [-0.25, -0.2) is 4.98 Å². The summed E-state index contributed by atoms with van der Waals surface area (Å²) in [6.07, 6.45) is 0.